The van der Waals surface area contributed by atoms with E-state index >= 15 is 0 Å². The van der Waals surface area contributed by atoms with Crippen LogP contribution in [-0.2, 0) is 6.54 Å². The predicted molar refractivity (Wildman–Crippen MR) is 63.7 cm³/mol. The van der Waals surface area contributed by atoms with Gasteiger partial charge in [-0.3, -0.25) is 4.68 Å². The van der Waals surface area contributed by atoms with Crippen molar-refractivity contribution in [3.05, 3.63) is 34.0 Å². The minimum Gasteiger partial charge on any atom is -0.478 e. The Balaban J connectivity index is 2.42. The highest BCUT2D eigenvalue weighted by Crippen LogP contribution is 2.18. The molecular weight excluding hydrogens is 234 g/mol. The van der Waals surface area contributed by atoms with Crippen molar-refractivity contribution in [2.24, 2.45) is 0 Å². The van der Waals surface area contributed by atoms with Crippen LogP contribution in [-0.4, -0.2) is 26.0 Å². The third-order valence-electron chi connectivity index (χ3n) is 3.08. The molecule has 6 heteroatoms. The monoisotopic (exact) mass is 249 g/mol. The molecule has 0 aliphatic carbocycles. The van der Waals surface area contributed by atoms with Crippen molar-refractivity contribution in [1.82, 2.24) is 14.9 Å². The number of hydrogen-bond donors (Lipinski definition) is 1. The van der Waals surface area contributed by atoms with Crippen LogP contribution in [0.1, 0.15) is 38.8 Å². The summed E-state index contributed by atoms with van der Waals surface area (Å²) in [6, 6.07) is 0. The number of carboxylic acid groups (broad SMARTS) is 1. The molecule has 0 saturated carbocycles. The van der Waals surface area contributed by atoms with E-state index in [9.17, 15) is 4.79 Å². The van der Waals surface area contributed by atoms with E-state index in [1.807, 2.05) is 13.8 Å². The van der Waals surface area contributed by atoms with E-state index in [-0.39, 0.29) is 5.56 Å². The molecule has 0 saturated heterocycles. The molecule has 0 radical (unpaired) electrons. The zero-order valence-corrected chi connectivity index (χ0v) is 10.8. The number of carboxylic acids is 1. The van der Waals surface area contributed by atoms with Crippen molar-refractivity contribution >= 4 is 5.97 Å². The van der Waals surface area contributed by atoms with E-state index in [0.29, 0.717) is 17.9 Å². The minimum absolute atomic E-state index is 0.266. The topological polar surface area (TPSA) is 81.2 Å². The average Bonchev–Trinajstić information content (AvgIpc) is 2.73. The Morgan fingerprint density at radius 2 is 1.94 bits per heavy atom. The van der Waals surface area contributed by atoms with Crippen molar-refractivity contribution < 1.29 is 14.4 Å². The third-order valence-corrected chi connectivity index (χ3v) is 3.08. The second-order valence-electron chi connectivity index (χ2n) is 4.31. The maximum atomic E-state index is 11.1. The van der Waals surface area contributed by atoms with Crippen LogP contribution < -0.4 is 0 Å². The van der Waals surface area contributed by atoms with E-state index < -0.39 is 5.97 Å². The van der Waals surface area contributed by atoms with Gasteiger partial charge in [-0.05, 0) is 27.7 Å². The lowest BCUT2D eigenvalue weighted by Gasteiger charge is -2.03. The van der Waals surface area contributed by atoms with Gasteiger partial charge in [0.05, 0.1) is 23.6 Å². The van der Waals surface area contributed by atoms with Gasteiger partial charge in [-0.1, -0.05) is 5.16 Å². The van der Waals surface area contributed by atoms with Gasteiger partial charge in [0.1, 0.15) is 11.3 Å². The number of rotatable bonds is 3. The molecule has 0 atom stereocenters. The molecule has 0 aliphatic rings. The Hall–Kier alpha value is -2.11. The number of nitrogens with zero attached hydrogens (tertiary/aromatic N) is 3. The fraction of sp³-hybridized carbons (Fsp3) is 0.417. The molecule has 1 N–H and O–H groups in total. The Labute approximate surface area is 104 Å². The largest absolute Gasteiger partial charge is 0.478 e. The lowest BCUT2D eigenvalue weighted by Crippen LogP contribution is -2.07. The molecule has 2 aromatic heterocycles. The van der Waals surface area contributed by atoms with Crippen LogP contribution in [0.2, 0.25) is 0 Å². The Morgan fingerprint density at radius 3 is 2.39 bits per heavy atom. The van der Waals surface area contributed by atoms with Crippen molar-refractivity contribution in [3.8, 4) is 0 Å². The van der Waals surface area contributed by atoms with Crippen molar-refractivity contribution in [2.75, 3.05) is 0 Å². The molecule has 0 aromatic carbocycles. The smallest absolute Gasteiger partial charge is 0.339 e. The van der Waals surface area contributed by atoms with E-state index in [2.05, 4.69) is 10.3 Å². The van der Waals surface area contributed by atoms with Gasteiger partial charge in [0.15, 0.2) is 0 Å². The SMILES string of the molecule is Cc1noc(C)c1Cn1nc(C)c(C(=O)O)c1C. The number of hydrogen-bond acceptors (Lipinski definition) is 4. The molecule has 0 spiro atoms. The highest BCUT2D eigenvalue weighted by molar-refractivity contribution is 5.90. The molecule has 0 aliphatic heterocycles. The summed E-state index contributed by atoms with van der Waals surface area (Å²) < 4.78 is 6.76. The molecule has 0 unspecified atom stereocenters. The molecule has 0 amide bonds. The molecular formula is C12H15N3O3. The van der Waals surface area contributed by atoms with Gasteiger partial charge >= 0.3 is 5.97 Å². The van der Waals surface area contributed by atoms with E-state index in [0.717, 1.165) is 17.0 Å². The van der Waals surface area contributed by atoms with Gasteiger partial charge < -0.3 is 9.63 Å². The van der Waals surface area contributed by atoms with Gasteiger partial charge in [-0.2, -0.15) is 5.10 Å². The summed E-state index contributed by atoms with van der Waals surface area (Å²) in [6.07, 6.45) is 0. The van der Waals surface area contributed by atoms with Crippen LogP contribution in [0.25, 0.3) is 0 Å². The fourth-order valence-electron chi connectivity index (χ4n) is 2.04. The standard InChI is InChI=1S/C12H15N3O3/c1-6-10(9(4)18-14-6)5-15-8(3)11(12(16)17)7(2)13-15/h5H2,1-4H3,(H,16,17). The molecule has 6 nitrogen and oxygen atoms in total. The van der Waals surface area contributed by atoms with Crippen molar-refractivity contribution in [1.29, 1.82) is 0 Å². The molecule has 2 rings (SSSR count). The Morgan fingerprint density at radius 1 is 1.28 bits per heavy atom. The number of aromatic carboxylic acids is 1. The summed E-state index contributed by atoms with van der Waals surface area (Å²) in [5, 5.41) is 17.2. The zero-order chi connectivity index (χ0) is 13.4. The first kappa shape index (κ1) is 12.3. The lowest BCUT2D eigenvalue weighted by atomic mass is 10.2. The van der Waals surface area contributed by atoms with Gasteiger partial charge in [0.25, 0.3) is 0 Å². The average molecular weight is 249 g/mol. The summed E-state index contributed by atoms with van der Waals surface area (Å²) in [7, 11) is 0. The predicted octanol–water partition coefficient (Wildman–Crippen LogP) is 1.85. The van der Waals surface area contributed by atoms with Crippen LogP contribution in [0.3, 0.4) is 0 Å². The molecule has 0 bridgehead atoms. The minimum atomic E-state index is -0.949. The molecule has 0 fully saturated rings. The first-order valence-corrected chi connectivity index (χ1v) is 5.61. The highest BCUT2D eigenvalue weighted by atomic mass is 16.5. The van der Waals surface area contributed by atoms with Crippen LogP contribution in [0.5, 0.6) is 0 Å². The second kappa shape index (κ2) is 4.29. The third kappa shape index (κ3) is 1.90. The second-order valence-corrected chi connectivity index (χ2v) is 4.31. The number of aryl methyl sites for hydroxylation is 3. The lowest BCUT2D eigenvalue weighted by molar-refractivity contribution is 0.0695. The Bertz CT molecular complexity index is 591. The Kier molecular flexibility index (Phi) is 2.94. The van der Waals surface area contributed by atoms with Crippen LogP contribution >= 0.6 is 0 Å². The quantitative estimate of drug-likeness (QED) is 0.897. The summed E-state index contributed by atoms with van der Waals surface area (Å²) in [4.78, 5) is 11.1. The summed E-state index contributed by atoms with van der Waals surface area (Å²) in [5.74, 6) is -0.216. The maximum absolute atomic E-state index is 11.1. The van der Waals surface area contributed by atoms with Crippen LogP contribution in [0, 0.1) is 27.7 Å². The number of carbonyl (C=O) groups is 1. The van der Waals surface area contributed by atoms with Gasteiger partial charge in [-0.25, -0.2) is 4.79 Å². The van der Waals surface area contributed by atoms with E-state index in [1.165, 1.54) is 0 Å². The fourth-order valence-corrected chi connectivity index (χ4v) is 2.04. The normalized spacial score (nSPS) is 10.9. The van der Waals surface area contributed by atoms with E-state index in [1.54, 1.807) is 18.5 Å². The van der Waals surface area contributed by atoms with Gasteiger partial charge in [0.2, 0.25) is 0 Å². The van der Waals surface area contributed by atoms with Crippen molar-refractivity contribution in [3.63, 3.8) is 0 Å². The summed E-state index contributed by atoms with van der Waals surface area (Å²) in [6.45, 7) is 7.61. The highest BCUT2D eigenvalue weighted by Gasteiger charge is 2.19. The van der Waals surface area contributed by atoms with Gasteiger partial charge in [-0.15, -0.1) is 0 Å². The zero-order valence-electron chi connectivity index (χ0n) is 10.8. The van der Waals surface area contributed by atoms with Gasteiger partial charge in [0, 0.05) is 5.56 Å². The molecule has 18 heavy (non-hydrogen) atoms. The molecule has 96 valence electrons. The van der Waals surface area contributed by atoms with E-state index in [4.69, 9.17) is 9.63 Å². The summed E-state index contributed by atoms with van der Waals surface area (Å²) in [5.41, 5.74) is 3.17. The molecule has 2 heterocycles. The number of aromatic nitrogens is 3. The summed E-state index contributed by atoms with van der Waals surface area (Å²) >= 11 is 0. The molecule has 2 aromatic rings. The maximum Gasteiger partial charge on any atom is 0.339 e. The van der Waals surface area contributed by atoms with Crippen LogP contribution in [0.15, 0.2) is 4.52 Å². The first-order chi connectivity index (χ1) is 8.41. The van der Waals surface area contributed by atoms with Crippen molar-refractivity contribution in [2.45, 2.75) is 34.2 Å². The first-order valence-electron chi connectivity index (χ1n) is 5.61. The van der Waals surface area contributed by atoms with Crippen LogP contribution in [0.4, 0.5) is 0 Å².